The summed E-state index contributed by atoms with van der Waals surface area (Å²) in [5, 5.41) is 8.23. The zero-order valence-electron chi connectivity index (χ0n) is 25.9. The van der Waals surface area contributed by atoms with Crippen LogP contribution >= 0.6 is 0 Å². The van der Waals surface area contributed by atoms with Gasteiger partial charge in [0.1, 0.15) is 12.1 Å². The largest absolute Gasteiger partial charge is 0.363 e. The molecule has 0 spiro atoms. The van der Waals surface area contributed by atoms with Crippen molar-refractivity contribution in [3.8, 4) is 0 Å². The molecule has 232 valence electrons. The van der Waals surface area contributed by atoms with Crippen LogP contribution in [0.2, 0.25) is 0 Å². The second-order valence-corrected chi connectivity index (χ2v) is 12.8. The molecule has 11 heteroatoms. The minimum atomic E-state index is -1.10. The highest BCUT2D eigenvalue weighted by Crippen LogP contribution is 2.34. The number of Topliss-reactive ketones (excluding diaryl/α,β-unsaturated/α-hetero) is 2. The van der Waals surface area contributed by atoms with Crippen LogP contribution < -0.4 is 21.7 Å². The molecular formula is C30H51N5O6. The van der Waals surface area contributed by atoms with Crippen LogP contribution in [0.3, 0.4) is 0 Å². The minimum Gasteiger partial charge on any atom is -0.363 e. The van der Waals surface area contributed by atoms with Gasteiger partial charge in [-0.1, -0.05) is 67.7 Å². The summed E-state index contributed by atoms with van der Waals surface area (Å²) in [5.41, 5.74) is 4.50. The van der Waals surface area contributed by atoms with Crippen molar-refractivity contribution in [3.05, 3.63) is 0 Å². The normalized spacial score (nSPS) is 21.0. The van der Waals surface area contributed by atoms with Crippen LogP contribution in [-0.4, -0.2) is 70.9 Å². The van der Waals surface area contributed by atoms with Crippen molar-refractivity contribution in [1.82, 2.24) is 20.9 Å². The van der Waals surface area contributed by atoms with Gasteiger partial charge in [0, 0.05) is 12.5 Å². The lowest BCUT2D eigenvalue weighted by Crippen LogP contribution is -2.61. The van der Waals surface area contributed by atoms with Crippen molar-refractivity contribution >= 4 is 35.3 Å². The number of likely N-dealkylation sites (tertiary alicyclic amines) is 1. The number of primary amides is 1. The number of hydrogen-bond acceptors (Lipinski definition) is 6. The third-order valence-corrected chi connectivity index (χ3v) is 8.14. The van der Waals surface area contributed by atoms with E-state index in [1.165, 1.54) is 4.90 Å². The van der Waals surface area contributed by atoms with E-state index in [1.807, 2.05) is 48.5 Å². The molecule has 1 saturated heterocycles. The number of carbonyl (C=O) groups excluding carboxylic acids is 6. The summed E-state index contributed by atoms with van der Waals surface area (Å²) in [6, 6.07) is -4.07. The maximum atomic E-state index is 13.8. The predicted octanol–water partition coefficient (Wildman–Crippen LogP) is 2.45. The molecule has 0 aromatic carbocycles. The number of urea groups is 1. The Morgan fingerprint density at radius 2 is 1.49 bits per heavy atom. The van der Waals surface area contributed by atoms with Crippen LogP contribution in [0.25, 0.3) is 0 Å². The van der Waals surface area contributed by atoms with Crippen LogP contribution in [0.5, 0.6) is 0 Å². The number of nitrogens with one attached hydrogen (secondary N) is 3. The Labute approximate surface area is 244 Å². The van der Waals surface area contributed by atoms with Crippen LogP contribution in [-0.2, 0) is 24.0 Å². The molecule has 4 atom stereocenters. The van der Waals surface area contributed by atoms with Crippen molar-refractivity contribution in [3.63, 3.8) is 0 Å². The Kier molecular flexibility index (Phi) is 12.3. The quantitative estimate of drug-likeness (QED) is 0.260. The number of hydrogen-bond donors (Lipinski definition) is 4. The van der Waals surface area contributed by atoms with Gasteiger partial charge in [-0.3, -0.25) is 24.0 Å². The van der Waals surface area contributed by atoms with E-state index in [2.05, 4.69) is 16.0 Å². The summed E-state index contributed by atoms with van der Waals surface area (Å²) in [5.74, 6) is -2.72. The molecule has 3 aliphatic rings. The van der Waals surface area contributed by atoms with Crippen molar-refractivity contribution in [2.45, 2.75) is 124 Å². The first kappa shape index (κ1) is 34.2. The Balaban J connectivity index is 0.00000287. The molecule has 1 aliphatic heterocycles. The molecule has 3 fully saturated rings. The fourth-order valence-electron chi connectivity index (χ4n) is 5.30. The highest BCUT2D eigenvalue weighted by molar-refractivity contribution is 6.37. The maximum absolute atomic E-state index is 13.8. The monoisotopic (exact) mass is 577 g/mol. The lowest BCUT2D eigenvalue weighted by atomic mass is 9.78. The molecule has 0 radical (unpaired) electrons. The number of nitrogens with two attached hydrogens (primary N) is 1. The average molecular weight is 578 g/mol. The maximum Gasteiger partial charge on any atom is 0.316 e. The number of nitrogens with zero attached hydrogens (tertiary/aromatic N) is 1. The zero-order valence-corrected chi connectivity index (χ0v) is 25.9. The summed E-state index contributed by atoms with van der Waals surface area (Å²) in [7, 11) is 0. The summed E-state index contributed by atoms with van der Waals surface area (Å²) in [4.78, 5) is 78.3. The standard InChI is InChI=1S/C28H45N5O6.C2H6/c1-15(2)20(21(34)17-8-6-9-17)31-27(39)32-23(28(3,4)5)26(38)33-13-7-10-19(33)25(37)30-18(14-16-11-12-16)22(35)24(29)36;1-2/h15-20,23H,6-14H2,1-5H3,(H2,29,36)(H,30,37)(H2,31,32,39);1-2H3/t18?,19-,20?,23?;/m0./s1. The zero-order chi connectivity index (χ0) is 31.1. The first-order valence-corrected chi connectivity index (χ1v) is 15.3. The Morgan fingerprint density at radius 3 is 1.95 bits per heavy atom. The fraction of sp³-hybridized carbons (Fsp3) is 0.800. The molecular weight excluding hydrogens is 526 g/mol. The van der Waals surface area contributed by atoms with Gasteiger partial charge in [-0.25, -0.2) is 4.79 Å². The van der Waals surface area contributed by atoms with Crippen molar-refractivity contribution in [1.29, 1.82) is 0 Å². The predicted molar refractivity (Wildman–Crippen MR) is 155 cm³/mol. The first-order valence-electron chi connectivity index (χ1n) is 15.3. The van der Waals surface area contributed by atoms with Gasteiger partial charge in [-0.15, -0.1) is 0 Å². The molecule has 41 heavy (non-hydrogen) atoms. The van der Waals surface area contributed by atoms with Crippen molar-refractivity contribution in [2.75, 3.05) is 6.54 Å². The Hall–Kier alpha value is -2.98. The molecule has 2 saturated carbocycles. The highest BCUT2D eigenvalue weighted by Gasteiger charge is 2.44. The Bertz CT molecular complexity index is 982. The van der Waals surface area contributed by atoms with Gasteiger partial charge in [0.25, 0.3) is 5.91 Å². The van der Waals surface area contributed by atoms with E-state index >= 15 is 0 Å². The highest BCUT2D eigenvalue weighted by atomic mass is 16.2. The average Bonchev–Trinajstić information content (AvgIpc) is 3.54. The molecule has 0 aromatic rings. The summed E-state index contributed by atoms with van der Waals surface area (Å²) >= 11 is 0. The topological polar surface area (TPSA) is 168 Å². The molecule has 1 heterocycles. The van der Waals surface area contributed by atoms with Crippen LogP contribution in [0, 0.1) is 23.2 Å². The lowest BCUT2D eigenvalue weighted by molar-refractivity contribution is -0.143. The van der Waals surface area contributed by atoms with E-state index in [9.17, 15) is 28.8 Å². The molecule has 11 nitrogen and oxygen atoms in total. The van der Waals surface area contributed by atoms with E-state index in [0.717, 1.165) is 32.1 Å². The third-order valence-electron chi connectivity index (χ3n) is 8.14. The molecule has 3 unspecified atom stereocenters. The number of amides is 5. The smallest absolute Gasteiger partial charge is 0.316 e. The van der Waals surface area contributed by atoms with Crippen molar-refractivity contribution in [2.24, 2.45) is 28.9 Å². The SMILES string of the molecule is CC.CC(C)C(NC(=O)NC(C(=O)N1CCC[C@H]1C(=O)NC(CC1CC1)C(=O)C(N)=O)C(C)(C)C)C(=O)C1CCC1. The van der Waals surface area contributed by atoms with Crippen LogP contribution in [0.4, 0.5) is 4.79 Å². The minimum absolute atomic E-state index is 0.0209. The van der Waals surface area contributed by atoms with Crippen molar-refractivity contribution < 1.29 is 28.8 Å². The van der Waals surface area contributed by atoms with Crippen LogP contribution in [0.15, 0.2) is 0 Å². The van der Waals surface area contributed by atoms with Gasteiger partial charge in [0.05, 0.1) is 12.1 Å². The molecule has 2 aliphatic carbocycles. The van der Waals surface area contributed by atoms with Gasteiger partial charge < -0.3 is 26.6 Å². The molecule has 5 N–H and O–H groups in total. The number of rotatable bonds is 12. The fourth-order valence-corrected chi connectivity index (χ4v) is 5.30. The van der Waals surface area contributed by atoms with Gasteiger partial charge in [-0.2, -0.15) is 0 Å². The van der Waals surface area contributed by atoms with Gasteiger partial charge in [0.15, 0.2) is 5.78 Å². The number of carbonyl (C=O) groups is 6. The second kappa shape index (κ2) is 14.8. The molecule has 0 aromatic heterocycles. The molecule has 5 amide bonds. The second-order valence-electron chi connectivity index (χ2n) is 12.8. The lowest BCUT2D eigenvalue weighted by Gasteiger charge is -2.36. The molecule has 0 bridgehead atoms. The summed E-state index contributed by atoms with van der Waals surface area (Å²) < 4.78 is 0. The first-order chi connectivity index (χ1) is 19.2. The van der Waals surface area contributed by atoms with Gasteiger partial charge in [0.2, 0.25) is 17.6 Å². The summed E-state index contributed by atoms with van der Waals surface area (Å²) in [6.07, 6.45) is 5.85. The van der Waals surface area contributed by atoms with E-state index < -0.39 is 59.1 Å². The van der Waals surface area contributed by atoms with E-state index in [-0.39, 0.29) is 23.5 Å². The Morgan fingerprint density at radius 1 is 0.878 bits per heavy atom. The van der Waals surface area contributed by atoms with Gasteiger partial charge in [-0.05, 0) is 49.4 Å². The van der Waals surface area contributed by atoms with Gasteiger partial charge >= 0.3 is 6.03 Å². The molecule has 3 rings (SSSR count). The van der Waals surface area contributed by atoms with E-state index in [0.29, 0.717) is 25.8 Å². The van der Waals surface area contributed by atoms with E-state index in [1.54, 1.807) is 0 Å². The summed E-state index contributed by atoms with van der Waals surface area (Å²) in [6.45, 7) is 13.5. The third kappa shape index (κ3) is 9.26. The van der Waals surface area contributed by atoms with Crippen LogP contribution in [0.1, 0.15) is 99.8 Å². The number of ketones is 2. The van der Waals surface area contributed by atoms with E-state index in [4.69, 9.17) is 5.73 Å².